The summed E-state index contributed by atoms with van der Waals surface area (Å²) >= 11 is 0. The Morgan fingerprint density at radius 3 is 2.89 bits per heavy atom. The molecule has 0 fully saturated rings. The van der Waals surface area contributed by atoms with Gasteiger partial charge in [-0.05, 0) is 6.07 Å². The first-order valence-corrected chi connectivity index (χ1v) is 5.67. The lowest BCUT2D eigenvalue weighted by molar-refractivity contribution is -0.160. The summed E-state index contributed by atoms with van der Waals surface area (Å²) in [7, 11) is 0. The van der Waals surface area contributed by atoms with Crippen molar-refractivity contribution in [3.8, 4) is 5.75 Å². The number of alkyl carbamates (subject to hydrolysis) is 1. The Bertz CT molecular complexity index is 462. The van der Waals surface area contributed by atoms with Gasteiger partial charge in [0, 0.05) is 12.0 Å². The van der Waals surface area contributed by atoms with Crippen LogP contribution in [-0.2, 0) is 4.74 Å². The summed E-state index contributed by atoms with van der Waals surface area (Å²) in [6.07, 6.45) is -5.12. The second kappa shape index (κ2) is 5.38. The number of benzene rings is 1. The highest BCUT2D eigenvalue weighted by atomic mass is 19.4. The number of carbonyl (C=O) groups is 1. The van der Waals surface area contributed by atoms with Crippen LogP contribution in [0.4, 0.5) is 18.0 Å². The van der Waals surface area contributed by atoms with E-state index in [1.54, 1.807) is 24.3 Å². The lowest BCUT2D eigenvalue weighted by atomic mass is 10.0. The molecule has 0 aliphatic carbocycles. The Morgan fingerprint density at radius 1 is 1.42 bits per heavy atom. The molecule has 1 heterocycles. The maximum atomic E-state index is 11.9. The molecule has 104 valence electrons. The first-order valence-electron chi connectivity index (χ1n) is 5.67. The molecule has 1 amide bonds. The monoisotopic (exact) mass is 275 g/mol. The average Bonchev–Trinajstić information content (AvgIpc) is 2.36. The molecule has 1 atom stereocenters. The Hall–Kier alpha value is -1.92. The van der Waals surface area contributed by atoms with Crippen molar-refractivity contribution in [2.75, 3.05) is 13.2 Å². The molecule has 1 N–H and O–H groups in total. The largest absolute Gasteiger partial charge is 0.493 e. The number of amides is 1. The highest BCUT2D eigenvalue weighted by molar-refractivity contribution is 5.68. The van der Waals surface area contributed by atoms with Gasteiger partial charge in [0.15, 0.2) is 6.61 Å². The Balaban J connectivity index is 1.95. The van der Waals surface area contributed by atoms with Crippen LogP contribution in [0.15, 0.2) is 24.3 Å². The first-order chi connectivity index (χ1) is 8.96. The summed E-state index contributed by atoms with van der Waals surface area (Å²) in [6, 6.07) is 6.64. The van der Waals surface area contributed by atoms with Gasteiger partial charge in [0.05, 0.1) is 12.6 Å². The van der Waals surface area contributed by atoms with E-state index in [4.69, 9.17) is 4.74 Å². The van der Waals surface area contributed by atoms with Gasteiger partial charge in [0.2, 0.25) is 0 Å². The lowest BCUT2D eigenvalue weighted by Gasteiger charge is -2.26. The van der Waals surface area contributed by atoms with E-state index in [0.717, 1.165) is 5.56 Å². The van der Waals surface area contributed by atoms with Gasteiger partial charge in [-0.15, -0.1) is 0 Å². The van der Waals surface area contributed by atoms with Crippen LogP contribution >= 0.6 is 0 Å². The van der Waals surface area contributed by atoms with Crippen LogP contribution in [0.1, 0.15) is 18.0 Å². The van der Waals surface area contributed by atoms with Crippen molar-refractivity contribution in [3.05, 3.63) is 29.8 Å². The Kier molecular flexibility index (Phi) is 3.82. The van der Waals surface area contributed by atoms with Gasteiger partial charge in [-0.3, -0.25) is 0 Å². The third kappa shape index (κ3) is 3.77. The van der Waals surface area contributed by atoms with E-state index in [1.165, 1.54) is 0 Å². The molecule has 0 saturated heterocycles. The summed E-state index contributed by atoms with van der Waals surface area (Å²) in [6.45, 7) is -1.20. The minimum absolute atomic E-state index is 0.390. The minimum atomic E-state index is -4.52. The number of nitrogens with one attached hydrogen (secondary N) is 1. The third-order valence-corrected chi connectivity index (χ3v) is 2.62. The minimum Gasteiger partial charge on any atom is -0.493 e. The molecule has 2 rings (SSSR count). The highest BCUT2D eigenvalue weighted by Crippen LogP contribution is 2.31. The van der Waals surface area contributed by atoms with Crippen LogP contribution in [0.3, 0.4) is 0 Å². The molecule has 1 unspecified atom stereocenters. The van der Waals surface area contributed by atoms with E-state index < -0.39 is 24.9 Å². The standard InChI is InChI=1S/C12H12F3NO3/c13-12(14,15)7-19-11(17)16-9-5-6-18-10-4-2-1-3-8(9)10/h1-4,9H,5-7H2,(H,16,17). The zero-order valence-electron chi connectivity index (χ0n) is 9.87. The van der Waals surface area contributed by atoms with Gasteiger partial charge < -0.3 is 14.8 Å². The van der Waals surface area contributed by atoms with Crippen LogP contribution in [0, 0.1) is 0 Å². The van der Waals surface area contributed by atoms with Gasteiger partial charge in [-0.1, -0.05) is 18.2 Å². The molecule has 4 nitrogen and oxygen atoms in total. The molecular weight excluding hydrogens is 263 g/mol. The second-order valence-electron chi connectivity index (χ2n) is 4.06. The van der Waals surface area contributed by atoms with E-state index in [0.29, 0.717) is 18.8 Å². The number of rotatable bonds is 2. The van der Waals surface area contributed by atoms with Gasteiger partial charge in [0.1, 0.15) is 5.75 Å². The van der Waals surface area contributed by atoms with Crippen LogP contribution in [0.2, 0.25) is 0 Å². The van der Waals surface area contributed by atoms with E-state index in [1.807, 2.05) is 0 Å². The fourth-order valence-corrected chi connectivity index (χ4v) is 1.82. The second-order valence-corrected chi connectivity index (χ2v) is 4.06. The van der Waals surface area contributed by atoms with Crippen LogP contribution in [0.25, 0.3) is 0 Å². The number of alkyl halides is 3. The smallest absolute Gasteiger partial charge is 0.422 e. The normalized spacial score (nSPS) is 18.2. The predicted molar refractivity (Wildman–Crippen MR) is 59.8 cm³/mol. The molecule has 7 heteroatoms. The van der Waals surface area contributed by atoms with Crippen molar-refractivity contribution < 1.29 is 27.4 Å². The predicted octanol–water partition coefficient (Wildman–Crippen LogP) is 2.80. The van der Waals surface area contributed by atoms with Crippen molar-refractivity contribution in [1.82, 2.24) is 5.32 Å². The molecule has 1 aromatic rings. The van der Waals surface area contributed by atoms with Crippen molar-refractivity contribution in [1.29, 1.82) is 0 Å². The van der Waals surface area contributed by atoms with Crippen molar-refractivity contribution >= 4 is 6.09 Å². The van der Waals surface area contributed by atoms with Crippen LogP contribution in [-0.4, -0.2) is 25.5 Å². The summed E-state index contributed by atoms with van der Waals surface area (Å²) in [5.74, 6) is 0.620. The van der Waals surface area contributed by atoms with Crippen LogP contribution < -0.4 is 10.1 Å². The van der Waals surface area contributed by atoms with Crippen molar-refractivity contribution in [2.45, 2.75) is 18.6 Å². The van der Waals surface area contributed by atoms with Crippen molar-refractivity contribution in [2.24, 2.45) is 0 Å². The molecule has 0 spiro atoms. The molecular formula is C12H12F3NO3. The van der Waals surface area contributed by atoms with Crippen LogP contribution in [0.5, 0.6) is 5.75 Å². The molecule has 0 saturated carbocycles. The van der Waals surface area contributed by atoms with Gasteiger partial charge in [-0.25, -0.2) is 4.79 Å². The molecule has 0 bridgehead atoms. The molecule has 1 aliphatic rings. The molecule has 0 radical (unpaired) electrons. The summed E-state index contributed by atoms with van der Waals surface area (Å²) in [5.41, 5.74) is 0.734. The van der Waals surface area contributed by atoms with Crippen molar-refractivity contribution in [3.63, 3.8) is 0 Å². The molecule has 1 aliphatic heterocycles. The fourth-order valence-electron chi connectivity index (χ4n) is 1.82. The Labute approximate surface area is 107 Å². The first kappa shape index (κ1) is 13.5. The van der Waals surface area contributed by atoms with Gasteiger partial charge in [-0.2, -0.15) is 13.2 Å². The average molecular weight is 275 g/mol. The Morgan fingerprint density at radius 2 is 2.16 bits per heavy atom. The maximum absolute atomic E-state index is 11.9. The number of hydrogen-bond acceptors (Lipinski definition) is 3. The lowest BCUT2D eigenvalue weighted by Crippen LogP contribution is -2.34. The molecule has 0 aromatic heterocycles. The number of halogens is 3. The van der Waals surface area contributed by atoms with E-state index in [-0.39, 0.29) is 0 Å². The number of hydrogen-bond donors (Lipinski definition) is 1. The highest BCUT2D eigenvalue weighted by Gasteiger charge is 2.30. The zero-order valence-corrected chi connectivity index (χ0v) is 9.87. The summed E-state index contributed by atoms with van der Waals surface area (Å²) in [4.78, 5) is 11.3. The molecule has 19 heavy (non-hydrogen) atoms. The van der Waals surface area contributed by atoms with E-state index in [2.05, 4.69) is 10.1 Å². The number of carbonyl (C=O) groups excluding carboxylic acids is 1. The number of ether oxygens (including phenoxy) is 2. The van der Waals surface area contributed by atoms with Gasteiger partial charge in [0.25, 0.3) is 0 Å². The summed E-state index contributed by atoms with van der Waals surface area (Å²) in [5, 5.41) is 2.41. The number of fused-ring (bicyclic) bond motifs is 1. The quantitative estimate of drug-likeness (QED) is 0.902. The zero-order chi connectivity index (χ0) is 13.9. The topological polar surface area (TPSA) is 47.6 Å². The summed E-state index contributed by atoms with van der Waals surface area (Å²) < 4.78 is 45.2. The van der Waals surface area contributed by atoms with Gasteiger partial charge >= 0.3 is 12.3 Å². The molecule has 1 aromatic carbocycles. The van der Waals surface area contributed by atoms with E-state index in [9.17, 15) is 18.0 Å². The fraction of sp³-hybridized carbons (Fsp3) is 0.417. The maximum Gasteiger partial charge on any atom is 0.422 e. The number of para-hydroxylation sites is 1. The van der Waals surface area contributed by atoms with E-state index >= 15 is 0 Å². The SMILES string of the molecule is O=C(NC1CCOc2ccccc21)OCC(F)(F)F. The third-order valence-electron chi connectivity index (χ3n) is 2.62.